The zero-order valence-electron chi connectivity index (χ0n) is 12.6. The highest BCUT2D eigenvalue weighted by atomic mass is 28.2. The van der Waals surface area contributed by atoms with Crippen LogP contribution in [0.3, 0.4) is 0 Å². The first-order valence-electron chi connectivity index (χ1n) is 7.49. The second-order valence-corrected chi connectivity index (χ2v) is 5.36. The molecule has 0 aromatic heterocycles. The van der Waals surface area contributed by atoms with E-state index in [-0.39, 0.29) is 0 Å². The number of hydrogen-bond acceptors (Lipinski definition) is 4. The molecule has 0 spiro atoms. The monoisotopic (exact) mass is 290 g/mol. The van der Waals surface area contributed by atoms with Crippen LogP contribution in [0, 0.1) is 0 Å². The van der Waals surface area contributed by atoms with Gasteiger partial charge in [0.1, 0.15) is 0 Å². The van der Waals surface area contributed by atoms with Crippen LogP contribution in [0.4, 0.5) is 0 Å². The average Bonchev–Trinajstić information content (AvgIpc) is 2.43. The van der Waals surface area contributed by atoms with Gasteiger partial charge in [-0.1, -0.05) is 33.1 Å². The summed E-state index contributed by atoms with van der Waals surface area (Å²) in [5.74, 6) is 0. The van der Waals surface area contributed by atoms with Crippen molar-refractivity contribution in [2.24, 2.45) is 0 Å². The predicted octanol–water partition coefficient (Wildman–Crippen LogP) is 2.69. The van der Waals surface area contributed by atoms with Gasteiger partial charge in [0.05, 0.1) is 39.6 Å². The zero-order chi connectivity index (χ0) is 14.0. The first-order valence-corrected chi connectivity index (χ1v) is 8.61. The molecule has 0 atom stereocenters. The quantitative estimate of drug-likeness (QED) is 0.323. The Balaban J connectivity index is 2.88. The van der Waals surface area contributed by atoms with Gasteiger partial charge < -0.3 is 18.6 Å². The Morgan fingerprint density at radius 1 is 0.632 bits per heavy atom. The third kappa shape index (κ3) is 18.1. The molecule has 0 N–H and O–H groups in total. The van der Waals surface area contributed by atoms with E-state index in [0.717, 1.165) is 19.1 Å². The Morgan fingerprint density at radius 3 is 1.79 bits per heavy atom. The summed E-state index contributed by atoms with van der Waals surface area (Å²) in [6, 6.07) is 1.15. The molecular weight excluding hydrogens is 260 g/mol. The summed E-state index contributed by atoms with van der Waals surface area (Å²) >= 11 is 0. The molecule has 0 fully saturated rings. The fourth-order valence-corrected chi connectivity index (χ4v) is 1.92. The normalized spacial score (nSPS) is 11.1. The lowest BCUT2D eigenvalue weighted by Gasteiger charge is -2.07. The highest BCUT2D eigenvalue weighted by Gasteiger charge is 1.93. The fourth-order valence-electron chi connectivity index (χ4n) is 1.34. The van der Waals surface area contributed by atoms with Crippen molar-refractivity contribution in [2.45, 2.75) is 45.6 Å². The number of ether oxygens (including phenoxy) is 3. The summed E-state index contributed by atoms with van der Waals surface area (Å²) in [6.45, 7) is 9.17. The van der Waals surface area contributed by atoms with Crippen molar-refractivity contribution >= 4 is 9.76 Å². The maximum absolute atomic E-state index is 5.43. The maximum atomic E-state index is 5.43. The van der Waals surface area contributed by atoms with Crippen LogP contribution in [-0.2, 0) is 18.6 Å². The molecule has 19 heavy (non-hydrogen) atoms. The Labute approximate surface area is 121 Å². The second-order valence-electron chi connectivity index (χ2n) is 4.29. The third-order valence-corrected chi connectivity index (χ3v) is 3.53. The van der Waals surface area contributed by atoms with E-state index in [0.29, 0.717) is 49.4 Å². The first kappa shape index (κ1) is 19.1. The van der Waals surface area contributed by atoms with Gasteiger partial charge >= 0.3 is 0 Å². The molecule has 0 saturated heterocycles. The number of hydrogen-bond donors (Lipinski definition) is 0. The van der Waals surface area contributed by atoms with E-state index < -0.39 is 0 Å². The van der Waals surface area contributed by atoms with Gasteiger partial charge in [0, 0.05) is 6.61 Å². The van der Waals surface area contributed by atoms with Gasteiger partial charge in [-0.3, -0.25) is 0 Å². The lowest BCUT2D eigenvalue weighted by molar-refractivity contribution is 0.00895. The summed E-state index contributed by atoms with van der Waals surface area (Å²) in [5.41, 5.74) is 0. The molecule has 0 bridgehead atoms. The largest absolute Gasteiger partial charge is 0.415 e. The van der Waals surface area contributed by atoms with Crippen molar-refractivity contribution in [2.75, 3.05) is 46.2 Å². The number of rotatable bonds is 16. The van der Waals surface area contributed by atoms with Crippen molar-refractivity contribution in [1.29, 1.82) is 0 Å². The highest BCUT2D eigenvalue weighted by molar-refractivity contribution is 6.26. The molecule has 5 heteroatoms. The van der Waals surface area contributed by atoms with Crippen LogP contribution in [0.5, 0.6) is 0 Å². The standard InChI is InChI=1S/C14H30O4Si/c1-3-5-6-7-15-8-9-16-10-11-17-12-13-18-19-14-4-2/h3-14H2,1-2H3. The van der Waals surface area contributed by atoms with Crippen molar-refractivity contribution in [3.63, 3.8) is 0 Å². The van der Waals surface area contributed by atoms with Crippen LogP contribution in [0.25, 0.3) is 0 Å². The number of unbranched alkanes of at least 4 members (excludes halogenated alkanes) is 2. The van der Waals surface area contributed by atoms with Crippen LogP contribution in [0.15, 0.2) is 0 Å². The molecular formula is C14H30O4Si. The van der Waals surface area contributed by atoms with E-state index in [2.05, 4.69) is 13.8 Å². The van der Waals surface area contributed by atoms with E-state index in [1.54, 1.807) is 0 Å². The molecule has 0 aliphatic rings. The van der Waals surface area contributed by atoms with Crippen molar-refractivity contribution in [1.82, 2.24) is 0 Å². The highest BCUT2D eigenvalue weighted by Crippen LogP contribution is 1.93. The van der Waals surface area contributed by atoms with Crippen molar-refractivity contribution in [3.8, 4) is 0 Å². The van der Waals surface area contributed by atoms with Gasteiger partial charge in [-0.15, -0.1) is 0 Å². The van der Waals surface area contributed by atoms with Crippen LogP contribution >= 0.6 is 0 Å². The molecule has 0 aromatic carbocycles. The smallest absolute Gasteiger partial charge is 0.229 e. The maximum Gasteiger partial charge on any atom is 0.229 e. The lowest BCUT2D eigenvalue weighted by Crippen LogP contribution is -2.12. The molecule has 0 aromatic rings. The molecule has 0 unspecified atom stereocenters. The average molecular weight is 290 g/mol. The summed E-state index contributed by atoms with van der Waals surface area (Å²) in [7, 11) is 0.616. The molecule has 0 heterocycles. The zero-order valence-corrected chi connectivity index (χ0v) is 13.6. The molecule has 0 aliphatic heterocycles. The Morgan fingerprint density at radius 2 is 1.21 bits per heavy atom. The first-order chi connectivity index (χ1) is 9.41. The molecule has 114 valence electrons. The molecule has 2 radical (unpaired) electrons. The van der Waals surface area contributed by atoms with Gasteiger partial charge in [-0.2, -0.15) is 0 Å². The minimum Gasteiger partial charge on any atom is -0.415 e. The summed E-state index contributed by atoms with van der Waals surface area (Å²) in [6.07, 6.45) is 4.82. The minimum absolute atomic E-state index is 0.616. The second kappa shape index (κ2) is 18.1. The SMILES string of the molecule is CCCCCOCCOCCOCCO[Si]CCC. The van der Waals surface area contributed by atoms with Crippen molar-refractivity contribution < 1.29 is 18.6 Å². The Bertz CT molecular complexity index is 142. The van der Waals surface area contributed by atoms with E-state index in [1.807, 2.05) is 0 Å². The van der Waals surface area contributed by atoms with Gasteiger partial charge in [0.2, 0.25) is 9.76 Å². The lowest BCUT2D eigenvalue weighted by atomic mass is 10.3. The molecule has 0 aliphatic carbocycles. The van der Waals surface area contributed by atoms with Gasteiger partial charge in [0.25, 0.3) is 0 Å². The topological polar surface area (TPSA) is 36.9 Å². The van der Waals surface area contributed by atoms with E-state index >= 15 is 0 Å². The predicted molar refractivity (Wildman–Crippen MR) is 78.8 cm³/mol. The minimum atomic E-state index is 0.616. The van der Waals surface area contributed by atoms with Crippen LogP contribution < -0.4 is 0 Å². The summed E-state index contributed by atoms with van der Waals surface area (Å²) < 4.78 is 21.6. The molecule has 0 rings (SSSR count). The van der Waals surface area contributed by atoms with Crippen LogP contribution in [0.1, 0.15) is 39.5 Å². The van der Waals surface area contributed by atoms with E-state index in [1.165, 1.54) is 19.3 Å². The van der Waals surface area contributed by atoms with Crippen molar-refractivity contribution in [3.05, 3.63) is 0 Å². The molecule has 0 amide bonds. The van der Waals surface area contributed by atoms with Crippen LogP contribution in [-0.4, -0.2) is 56.0 Å². The summed E-state index contributed by atoms with van der Waals surface area (Å²) in [5, 5.41) is 0. The molecule has 0 saturated carbocycles. The van der Waals surface area contributed by atoms with E-state index in [9.17, 15) is 0 Å². The van der Waals surface area contributed by atoms with E-state index in [4.69, 9.17) is 18.6 Å². The summed E-state index contributed by atoms with van der Waals surface area (Å²) in [4.78, 5) is 0. The van der Waals surface area contributed by atoms with Gasteiger partial charge in [-0.25, -0.2) is 0 Å². The molecule has 4 nitrogen and oxygen atoms in total. The fraction of sp³-hybridized carbons (Fsp3) is 1.00. The van der Waals surface area contributed by atoms with Crippen LogP contribution in [0.2, 0.25) is 6.04 Å². The van der Waals surface area contributed by atoms with Gasteiger partial charge in [-0.05, 0) is 12.5 Å². The Hall–Kier alpha value is 0.0569. The third-order valence-electron chi connectivity index (χ3n) is 2.42. The van der Waals surface area contributed by atoms with Gasteiger partial charge in [0.15, 0.2) is 0 Å². The Kier molecular flexibility index (Phi) is 18.1.